The van der Waals surface area contributed by atoms with E-state index in [-0.39, 0.29) is 154 Å². The molecule has 0 aliphatic carbocycles. The molecular weight excluding hydrogens is 365 g/mol. The first-order chi connectivity index (χ1) is 0. The van der Waals surface area contributed by atoms with Crippen LogP contribution in [0, 0.1) is 0 Å². The summed E-state index contributed by atoms with van der Waals surface area (Å²) in [6.45, 7) is 0. The van der Waals surface area contributed by atoms with Crippen LogP contribution in [0.1, 0.15) is 0 Å². The summed E-state index contributed by atoms with van der Waals surface area (Å²) < 4.78 is 0. The molecule has 0 fully saturated rings. The fourth-order valence-electron chi connectivity index (χ4n) is 0. The second-order valence-electron chi connectivity index (χ2n) is 0. The molecule has 0 spiro atoms. The van der Waals surface area contributed by atoms with E-state index in [1.165, 1.54) is 0 Å². The van der Waals surface area contributed by atoms with Gasteiger partial charge in [-0.05, 0) is 0 Å². The summed E-state index contributed by atoms with van der Waals surface area (Å²) >= 11 is 0. The maximum Gasteiger partial charge on any atom is 1.00 e. The van der Waals surface area contributed by atoms with Gasteiger partial charge in [-0.15, -0.1) is 0 Å². The molecule has 0 radical (unpaired) electrons. The monoisotopic (exact) mass is 362 g/mol. The molecule has 0 aromatic rings. The summed E-state index contributed by atoms with van der Waals surface area (Å²) in [5.41, 5.74) is 0. The smallest absolute Gasteiger partial charge is 1.00 e. The Hall–Kier alpha value is 4.40. The Kier molecular flexibility index (Phi) is 983. The zero-order valence-corrected chi connectivity index (χ0v) is 14.7. The van der Waals surface area contributed by atoms with Crippen molar-refractivity contribution in [3.8, 4) is 0 Å². The SMILES string of the molecule is [Cl-].[Cl-].[Cl-].[Cl-].[Cl-].[Cl-].[Na+].[Na+].[Pd]. The minimum absolute atomic E-state index is 0. The largest absolute Gasteiger partial charge is 1.00 e. The van der Waals surface area contributed by atoms with Crippen LogP contribution in [-0.4, -0.2) is 0 Å². The molecule has 0 saturated carbocycles. The van der Waals surface area contributed by atoms with Crippen molar-refractivity contribution in [1.29, 1.82) is 0 Å². The Morgan fingerprint density at radius 2 is 0.333 bits per heavy atom. The van der Waals surface area contributed by atoms with E-state index in [9.17, 15) is 0 Å². The fraction of sp³-hybridized carbons (Fsp3) is 0. The molecule has 0 atom stereocenters. The molecular formula is Cl6Na2Pd-4. The van der Waals surface area contributed by atoms with Crippen LogP contribution in [0.5, 0.6) is 0 Å². The third-order valence-corrected chi connectivity index (χ3v) is 0. The first-order valence-electron chi connectivity index (χ1n) is 0. The molecule has 0 aliphatic heterocycles. The van der Waals surface area contributed by atoms with Gasteiger partial charge in [-0.2, -0.15) is 0 Å². The van der Waals surface area contributed by atoms with Crippen molar-refractivity contribution in [1.82, 2.24) is 0 Å². The van der Waals surface area contributed by atoms with Gasteiger partial charge in [0.15, 0.2) is 0 Å². The first kappa shape index (κ1) is 106. The molecule has 0 heterocycles. The Morgan fingerprint density at radius 1 is 0.333 bits per heavy atom. The molecule has 0 amide bonds. The molecule has 0 nitrogen and oxygen atoms in total. The first-order valence-corrected chi connectivity index (χ1v) is 0. The Bertz CT molecular complexity index is 11.0. The van der Waals surface area contributed by atoms with Crippen molar-refractivity contribution in [2.45, 2.75) is 0 Å². The van der Waals surface area contributed by atoms with Gasteiger partial charge in [-0.3, -0.25) is 0 Å². The standard InChI is InChI=1S/6ClH.2Na.Pd/h6*1H;;;/q;;;;;;2*+1;/p-6. The van der Waals surface area contributed by atoms with Gasteiger partial charge in [0.25, 0.3) is 0 Å². The van der Waals surface area contributed by atoms with Crippen molar-refractivity contribution < 1.29 is 154 Å². The van der Waals surface area contributed by atoms with Crippen molar-refractivity contribution in [2.24, 2.45) is 0 Å². The summed E-state index contributed by atoms with van der Waals surface area (Å²) in [7, 11) is 0. The number of hydrogen-bond donors (Lipinski definition) is 0. The zero-order chi connectivity index (χ0) is 0. The predicted molar refractivity (Wildman–Crippen MR) is 0 cm³/mol. The Morgan fingerprint density at radius 3 is 0.333 bits per heavy atom. The molecule has 9 heavy (non-hydrogen) atoms. The van der Waals surface area contributed by atoms with E-state index < -0.39 is 0 Å². The van der Waals surface area contributed by atoms with Crippen LogP contribution in [0.3, 0.4) is 0 Å². The van der Waals surface area contributed by atoms with Gasteiger partial charge < -0.3 is 74.4 Å². The summed E-state index contributed by atoms with van der Waals surface area (Å²) in [4.78, 5) is 0. The van der Waals surface area contributed by atoms with Gasteiger partial charge in [0.1, 0.15) is 0 Å². The maximum absolute atomic E-state index is 0. The summed E-state index contributed by atoms with van der Waals surface area (Å²) in [6.07, 6.45) is 0. The van der Waals surface area contributed by atoms with Gasteiger partial charge in [0.2, 0.25) is 0 Å². The quantitative estimate of drug-likeness (QED) is 0.374. The topological polar surface area (TPSA) is 0 Å². The van der Waals surface area contributed by atoms with Gasteiger partial charge in [-0.25, -0.2) is 0 Å². The van der Waals surface area contributed by atoms with Crippen LogP contribution < -0.4 is 134 Å². The van der Waals surface area contributed by atoms with Crippen LogP contribution in [0.2, 0.25) is 0 Å². The van der Waals surface area contributed by atoms with E-state index in [4.69, 9.17) is 0 Å². The third-order valence-electron chi connectivity index (χ3n) is 0. The molecule has 0 unspecified atom stereocenters. The van der Waals surface area contributed by atoms with Crippen molar-refractivity contribution >= 4 is 0 Å². The average Bonchev–Trinajstić information content (AvgIpc) is 0. The van der Waals surface area contributed by atoms with E-state index >= 15 is 0 Å². The molecule has 0 aromatic carbocycles. The Balaban J connectivity index is 0. The maximum atomic E-state index is 0. The summed E-state index contributed by atoms with van der Waals surface area (Å²) in [5, 5.41) is 0. The number of halogens is 6. The number of rotatable bonds is 0. The Labute approximate surface area is 151 Å². The predicted octanol–water partition coefficient (Wildman–Crippen LogP) is -24.0. The molecule has 0 aliphatic rings. The second-order valence-corrected chi connectivity index (χ2v) is 0. The molecule has 0 rings (SSSR count). The molecule has 0 aromatic heterocycles. The fourth-order valence-corrected chi connectivity index (χ4v) is 0. The zero-order valence-electron chi connectivity index (χ0n) is 4.58. The average molecular weight is 365 g/mol. The molecule has 9 heteroatoms. The van der Waals surface area contributed by atoms with Crippen molar-refractivity contribution in [3.63, 3.8) is 0 Å². The van der Waals surface area contributed by atoms with Crippen LogP contribution in [-0.2, 0) is 20.4 Å². The summed E-state index contributed by atoms with van der Waals surface area (Å²) in [6, 6.07) is 0. The minimum atomic E-state index is 0. The third kappa shape index (κ3) is 69.2. The van der Waals surface area contributed by atoms with Gasteiger partial charge in [0.05, 0.1) is 0 Å². The minimum Gasteiger partial charge on any atom is -1.00 e. The van der Waals surface area contributed by atoms with E-state index in [1.807, 2.05) is 0 Å². The van der Waals surface area contributed by atoms with Gasteiger partial charge in [0, 0.05) is 20.4 Å². The molecule has 0 saturated heterocycles. The van der Waals surface area contributed by atoms with Crippen molar-refractivity contribution in [2.75, 3.05) is 0 Å². The van der Waals surface area contributed by atoms with Gasteiger partial charge in [-0.1, -0.05) is 0 Å². The van der Waals surface area contributed by atoms with E-state index in [1.54, 1.807) is 0 Å². The number of hydrogen-bond acceptors (Lipinski definition) is 0. The van der Waals surface area contributed by atoms with Crippen LogP contribution in [0.4, 0.5) is 0 Å². The van der Waals surface area contributed by atoms with E-state index in [2.05, 4.69) is 0 Å². The van der Waals surface area contributed by atoms with Crippen LogP contribution in [0.25, 0.3) is 0 Å². The van der Waals surface area contributed by atoms with Crippen molar-refractivity contribution in [3.05, 3.63) is 0 Å². The molecule has 0 bridgehead atoms. The van der Waals surface area contributed by atoms with E-state index in [0.29, 0.717) is 0 Å². The van der Waals surface area contributed by atoms with Crippen LogP contribution in [0.15, 0.2) is 0 Å². The molecule has 0 N–H and O–H groups in total. The van der Waals surface area contributed by atoms with E-state index in [0.717, 1.165) is 0 Å². The second kappa shape index (κ2) is 83.2. The molecule has 58 valence electrons. The van der Waals surface area contributed by atoms with Gasteiger partial charge >= 0.3 is 59.1 Å². The summed E-state index contributed by atoms with van der Waals surface area (Å²) in [5.74, 6) is 0. The normalized spacial score (nSPS) is 0. The van der Waals surface area contributed by atoms with Crippen LogP contribution >= 0.6 is 0 Å².